The smallest absolute Gasteiger partial charge is 0.407 e. The quantitative estimate of drug-likeness (QED) is 0.589. The van der Waals surface area contributed by atoms with Crippen LogP contribution < -0.4 is 15.7 Å². The molecule has 2 aromatic rings. The van der Waals surface area contributed by atoms with Gasteiger partial charge in [0, 0.05) is 12.5 Å². The molecular formula is C28H41NO4Si. The van der Waals surface area contributed by atoms with Crippen molar-refractivity contribution in [3.8, 4) is 0 Å². The molecular weight excluding hydrogens is 442 g/mol. The van der Waals surface area contributed by atoms with Crippen LogP contribution >= 0.6 is 0 Å². The summed E-state index contributed by atoms with van der Waals surface area (Å²) in [7, 11) is -2.79. The molecule has 0 aliphatic heterocycles. The van der Waals surface area contributed by atoms with E-state index in [-0.39, 0.29) is 29.7 Å². The van der Waals surface area contributed by atoms with Gasteiger partial charge in [-0.2, -0.15) is 0 Å². The summed E-state index contributed by atoms with van der Waals surface area (Å²) < 4.78 is 12.9. The van der Waals surface area contributed by atoms with E-state index in [2.05, 4.69) is 74.6 Å². The molecule has 34 heavy (non-hydrogen) atoms. The maximum Gasteiger partial charge on any atom is 0.407 e. The Morgan fingerprint density at radius 1 is 0.941 bits per heavy atom. The van der Waals surface area contributed by atoms with Crippen LogP contribution in [0.5, 0.6) is 0 Å². The molecule has 0 unspecified atom stereocenters. The summed E-state index contributed by atoms with van der Waals surface area (Å²) in [4.78, 5) is 12.8. The van der Waals surface area contributed by atoms with Gasteiger partial charge in [-0.3, -0.25) is 0 Å². The summed E-state index contributed by atoms with van der Waals surface area (Å²) >= 11 is 0. The van der Waals surface area contributed by atoms with E-state index < -0.39 is 20.0 Å². The first-order valence-corrected chi connectivity index (χ1v) is 14.3. The lowest BCUT2D eigenvalue weighted by atomic mass is 9.83. The molecule has 1 amide bonds. The Hall–Kier alpha value is -2.15. The van der Waals surface area contributed by atoms with Gasteiger partial charge in [0.1, 0.15) is 5.60 Å². The van der Waals surface area contributed by atoms with Gasteiger partial charge < -0.3 is 19.6 Å². The van der Waals surface area contributed by atoms with Crippen molar-refractivity contribution in [1.29, 1.82) is 0 Å². The van der Waals surface area contributed by atoms with Gasteiger partial charge >= 0.3 is 6.09 Å². The third-order valence-electron chi connectivity index (χ3n) is 6.63. The topological polar surface area (TPSA) is 67.8 Å². The number of aliphatic hydroxyl groups excluding tert-OH is 1. The molecule has 186 valence electrons. The van der Waals surface area contributed by atoms with Crippen LogP contribution in [-0.2, 0) is 9.16 Å². The molecule has 1 aliphatic rings. The van der Waals surface area contributed by atoms with Crippen LogP contribution in [-0.4, -0.2) is 43.9 Å². The van der Waals surface area contributed by atoms with Gasteiger partial charge in [0.05, 0.1) is 12.1 Å². The Labute approximate surface area is 206 Å². The fraction of sp³-hybridized carbons (Fsp3) is 0.536. The number of rotatable bonds is 6. The SMILES string of the molecule is CC(C)(C)OC(=O)N[C@@H]1[C@@H](CO)CCC[C@H]1O[Si](c1ccccc1)(c1ccccc1)C(C)(C)C. The number of benzene rings is 2. The van der Waals surface area contributed by atoms with Crippen LogP contribution in [0.4, 0.5) is 4.79 Å². The van der Waals surface area contributed by atoms with Gasteiger partial charge in [0.15, 0.2) is 0 Å². The van der Waals surface area contributed by atoms with Crippen LogP contribution in [0.15, 0.2) is 60.7 Å². The highest BCUT2D eigenvalue weighted by molar-refractivity contribution is 6.99. The second-order valence-electron chi connectivity index (χ2n) is 11.4. The summed E-state index contributed by atoms with van der Waals surface area (Å²) in [6, 6.07) is 20.7. The van der Waals surface area contributed by atoms with Crippen molar-refractivity contribution in [2.45, 2.75) is 83.6 Å². The van der Waals surface area contributed by atoms with Gasteiger partial charge in [-0.25, -0.2) is 4.79 Å². The molecule has 0 aromatic heterocycles. The predicted octanol–water partition coefficient (Wildman–Crippen LogP) is 4.62. The van der Waals surface area contributed by atoms with Crippen LogP contribution in [0, 0.1) is 5.92 Å². The summed E-state index contributed by atoms with van der Waals surface area (Å²) in [5.41, 5.74) is -0.595. The molecule has 2 aromatic carbocycles. The van der Waals surface area contributed by atoms with Crippen molar-refractivity contribution >= 4 is 24.8 Å². The molecule has 1 saturated carbocycles. The van der Waals surface area contributed by atoms with Crippen molar-refractivity contribution < 1.29 is 19.1 Å². The van der Waals surface area contributed by atoms with Gasteiger partial charge in [-0.1, -0.05) is 87.9 Å². The Morgan fingerprint density at radius 3 is 1.91 bits per heavy atom. The van der Waals surface area contributed by atoms with E-state index in [9.17, 15) is 9.90 Å². The lowest BCUT2D eigenvalue weighted by Crippen LogP contribution is -2.70. The van der Waals surface area contributed by atoms with Crippen molar-refractivity contribution in [2.75, 3.05) is 6.61 Å². The van der Waals surface area contributed by atoms with Gasteiger partial charge in [0.25, 0.3) is 8.32 Å². The minimum absolute atomic E-state index is 0.00106. The Kier molecular flexibility index (Phi) is 8.27. The average molecular weight is 484 g/mol. The highest BCUT2D eigenvalue weighted by atomic mass is 28.4. The van der Waals surface area contributed by atoms with Crippen LogP contribution in [0.2, 0.25) is 5.04 Å². The zero-order valence-electron chi connectivity index (χ0n) is 21.5. The summed E-state index contributed by atoms with van der Waals surface area (Å²) in [6.45, 7) is 12.3. The van der Waals surface area contributed by atoms with Crippen molar-refractivity contribution in [1.82, 2.24) is 5.32 Å². The van der Waals surface area contributed by atoms with Crippen molar-refractivity contribution in [2.24, 2.45) is 5.92 Å². The van der Waals surface area contributed by atoms with E-state index in [0.29, 0.717) is 0 Å². The van der Waals surface area contributed by atoms with Crippen LogP contribution in [0.1, 0.15) is 60.8 Å². The molecule has 0 bridgehead atoms. The third-order valence-corrected chi connectivity index (χ3v) is 11.7. The molecule has 1 fully saturated rings. The molecule has 5 nitrogen and oxygen atoms in total. The zero-order valence-corrected chi connectivity index (χ0v) is 22.5. The number of carbonyl (C=O) groups is 1. The average Bonchev–Trinajstić information content (AvgIpc) is 2.77. The van der Waals surface area contributed by atoms with Crippen molar-refractivity contribution in [3.05, 3.63) is 60.7 Å². The Morgan fingerprint density at radius 2 is 1.47 bits per heavy atom. The Balaban J connectivity index is 2.07. The first kappa shape index (κ1) is 26.5. The van der Waals surface area contributed by atoms with E-state index in [1.807, 2.05) is 32.9 Å². The number of ether oxygens (including phenoxy) is 1. The number of amides is 1. The molecule has 6 heteroatoms. The van der Waals surface area contributed by atoms with E-state index in [1.54, 1.807) is 0 Å². The lowest BCUT2D eigenvalue weighted by Gasteiger charge is -2.48. The molecule has 2 N–H and O–H groups in total. The second-order valence-corrected chi connectivity index (χ2v) is 15.6. The summed E-state index contributed by atoms with van der Waals surface area (Å²) in [6.07, 6.45) is 1.92. The molecule has 0 heterocycles. The number of hydrogen-bond donors (Lipinski definition) is 2. The first-order valence-electron chi connectivity index (χ1n) is 12.4. The third kappa shape index (κ3) is 5.91. The van der Waals surface area contributed by atoms with Gasteiger partial charge in [-0.05, 0) is 49.0 Å². The van der Waals surface area contributed by atoms with Gasteiger partial charge in [-0.15, -0.1) is 0 Å². The normalized spacial score (nSPS) is 21.7. The molecule has 3 atom stereocenters. The van der Waals surface area contributed by atoms with Gasteiger partial charge in [0.2, 0.25) is 0 Å². The number of nitrogens with one attached hydrogen (secondary N) is 1. The highest BCUT2D eigenvalue weighted by Gasteiger charge is 2.53. The second kappa shape index (κ2) is 10.6. The molecule has 0 radical (unpaired) electrons. The largest absolute Gasteiger partial charge is 0.444 e. The number of alkyl carbamates (subject to hydrolysis) is 1. The standard InChI is InChI=1S/C28H41NO4Si/c1-27(2,3)32-26(31)29-25-21(20-30)14-13-19-24(25)33-34(28(4,5)6,22-15-9-7-10-16-22)23-17-11-8-12-18-23/h7-12,15-18,21,24-25,30H,13-14,19-20H2,1-6H3,(H,29,31)/t21-,24-,25-/m1/s1. The number of aliphatic hydroxyl groups is 1. The first-order chi connectivity index (χ1) is 16.0. The highest BCUT2D eigenvalue weighted by Crippen LogP contribution is 2.40. The molecule has 1 aliphatic carbocycles. The maximum absolute atomic E-state index is 12.8. The zero-order chi connectivity index (χ0) is 25.0. The maximum atomic E-state index is 12.8. The minimum Gasteiger partial charge on any atom is -0.444 e. The van der Waals surface area contributed by atoms with Crippen molar-refractivity contribution in [3.63, 3.8) is 0 Å². The van der Waals surface area contributed by atoms with Crippen LogP contribution in [0.25, 0.3) is 0 Å². The van der Waals surface area contributed by atoms with E-state index in [4.69, 9.17) is 9.16 Å². The monoisotopic (exact) mass is 483 g/mol. The fourth-order valence-electron chi connectivity index (χ4n) is 5.15. The minimum atomic E-state index is -2.79. The Bertz CT molecular complexity index is 881. The molecule has 3 rings (SSSR count). The van der Waals surface area contributed by atoms with E-state index in [0.717, 1.165) is 19.3 Å². The van der Waals surface area contributed by atoms with E-state index >= 15 is 0 Å². The van der Waals surface area contributed by atoms with E-state index in [1.165, 1.54) is 10.4 Å². The number of carbonyl (C=O) groups excluding carboxylic acids is 1. The van der Waals surface area contributed by atoms with Crippen LogP contribution in [0.3, 0.4) is 0 Å². The predicted molar refractivity (Wildman–Crippen MR) is 140 cm³/mol. The number of hydrogen-bond acceptors (Lipinski definition) is 4. The summed E-state index contributed by atoms with van der Waals surface area (Å²) in [5, 5.41) is 15.5. The fourth-order valence-corrected chi connectivity index (χ4v) is 9.89. The molecule has 0 saturated heterocycles. The lowest BCUT2D eigenvalue weighted by molar-refractivity contribution is 0.0196. The summed E-state index contributed by atoms with van der Waals surface area (Å²) in [5.74, 6) is -0.0792. The molecule has 0 spiro atoms.